The van der Waals surface area contributed by atoms with Gasteiger partial charge in [0.2, 0.25) is 0 Å². The fourth-order valence-electron chi connectivity index (χ4n) is 0.996. The number of benzene rings is 1. The van der Waals surface area contributed by atoms with E-state index in [2.05, 4.69) is 26.1 Å². The van der Waals surface area contributed by atoms with Crippen LogP contribution in [0.3, 0.4) is 0 Å². The monoisotopic (exact) mass is 269 g/mol. The molecule has 0 radical (unpaired) electrons. The molecule has 0 aliphatic heterocycles. The van der Waals surface area contributed by atoms with Crippen molar-refractivity contribution in [1.82, 2.24) is 10.2 Å². The molecule has 2 aromatic rings. The molecule has 2 rings (SSSR count). The predicted octanol–water partition coefficient (Wildman–Crippen LogP) is 2.91. The van der Waals surface area contributed by atoms with Crippen molar-refractivity contribution >= 4 is 33.5 Å². The van der Waals surface area contributed by atoms with E-state index in [1.165, 1.54) is 0 Å². The average Bonchev–Trinajstić information content (AvgIpc) is 2.56. The molecule has 0 fully saturated rings. The third-order valence-electron chi connectivity index (χ3n) is 1.67. The molecular formula is C9H8BrN3S. The van der Waals surface area contributed by atoms with Crippen LogP contribution in [-0.4, -0.2) is 10.2 Å². The molecule has 0 amide bonds. The largest absolute Gasteiger partial charge is 0.383 e. The van der Waals surface area contributed by atoms with Gasteiger partial charge in [-0.25, -0.2) is 0 Å². The van der Waals surface area contributed by atoms with Crippen LogP contribution in [0.5, 0.6) is 0 Å². The van der Waals surface area contributed by atoms with Gasteiger partial charge in [-0.1, -0.05) is 27.7 Å². The Balaban J connectivity index is 2.19. The van der Waals surface area contributed by atoms with Gasteiger partial charge in [-0.05, 0) is 24.3 Å². The van der Waals surface area contributed by atoms with Gasteiger partial charge in [0.15, 0.2) is 0 Å². The predicted molar refractivity (Wildman–Crippen MR) is 61.3 cm³/mol. The van der Waals surface area contributed by atoms with E-state index in [1.54, 1.807) is 18.0 Å². The molecule has 0 spiro atoms. The van der Waals surface area contributed by atoms with Crippen molar-refractivity contribution in [2.75, 3.05) is 5.73 Å². The van der Waals surface area contributed by atoms with E-state index in [0.717, 1.165) is 14.3 Å². The Morgan fingerprint density at radius 2 is 2.00 bits per heavy atom. The smallest absolute Gasteiger partial charge is 0.133 e. The van der Waals surface area contributed by atoms with Crippen LogP contribution in [0.2, 0.25) is 0 Å². The second-order valence-electron chi connectivity index (χ2n) is 2.70. The van der Waals surface area contributed by atoms with Crippen molar-refractivity contribution < 1.29 is 0 Å². The molecule has 3 N–H and O–H groups in total. The van der Waals surface area contributed by atoms with Gasteiger partial charge >= 0.3 is 0 Å². The summed E-state index contributed by atoms with van der Waals surface area (Å²) in [5.41, 5.74) is 5.67. The first-order valence-electron chi connectivity index (χ1n) is 3.98. The molecule has 0 bridgehead atoms. The summed E-state index contributed by atoms with van der Waals surface area (Å²) in [5.74, 6) is 0.609. The van der Waals surface area contributed by atoms with E-state index in [-0.39, 0.29) is 0 Å². The summed E-state index contributed by atoms with van der Waals surface area (Å²) in [6.07, 6.45) is 1.72. The summed E-state index contributed by atoms with van der Waals surface area (Å²) in [7, 11) is 0. The third kappa shape index (κ3) is 2.10. The van der Waals surface area contributed by atoms with Crippen LogP contribution < -0.4 is 5.73 Å². The van der Waals surface area contributed by atoms with Crippen molar-refractivity contribution in [3.63, 3.8) is 0 Å². The lowest BCUT2D eigenvalue weighted by Crippen LogP contribution is -1.85. The SMILES string of the molecule is Nc1[nH]ncc1Sc1ccc(Br)cc1. The lowest BCUT2D eigenvalue weighted by Gasteiger charge is -1.99. The molecule has 0 atom stereocenters. The minimum Gasteiger partial charge on any atom is -0.383 e. The average molecular weight is 270 g/mol. The van der Waals surface area contributed by atoms with Crippen LogP contribution in [0.4, 0.5) is 5.82 Å². The summed E-state index contributed by atoms with van der Waals surface area (Å²) >= 11 is 4.98. The highest BCUT2D eigenvalue weighted by atomic mass is 79.9. The maximum Gasteiger partial charge on any atom is 0.133 e. The molecule has 3 nitrogen and oxygen atoms in total. The number of anilines is 1. The Bertz CT molecular complexity index is 424. The lowest BCUT2D eigenvalue weighted by molar-refractivity contribution is 1.10. The number of nitrogen functional groups attached to an aromatic ring is 1. The highest BCUT2D eigenvalue weighted by molar-refractivity contribution is 9.10. The lowest BCUT2D eigenvalue weighted by atomic mass is 10.4. The number of hydrogen-bond donors (Lipinski definition) is 2. The van der Waals surface area contributed by atoms with Gasteiger partial charge in [-0.2, -0.15) is 5.10 Å². The molecule has 0 unspecified atom stereocenters. The molecule has 0 aliphatic rings. The van der Waals surface area contributed by atoms with E-state index < -0.39 is 0 Å². The first-order valence-corrected chi connectivity index (χ1v) is 5.59. The number of H-pyrrole nitrogens is 1. The van der Waals surface area contributed by atoms with Gasteiger partial charge in [0.1, 0.15) is 5.82 Å². The molecule has 1 heterocycles. The zero-order chi connectivity index (χ0) is 9.97. The van der Waals surface area contributed by atoms with Crippen molar-refractivity contribution in [2.45, 2.75) is 9.79 Å². The topological polar surface area (TPSA) is 54.7 Å². The van der Waals surface area contributed by atoms with Crippen LogP contribution in [0.15, 0.2) is 44.7 Å². The first kappa shape index (κ1) is 9.61. The van der Waals surface area contributed by atoms with E-state index >= 15 is 0 Å². The Morgan fingerprint density at radius 3 is 2.57 bits per heavy atom. The molecule has 5 heteroatoms. The number of nitrogens with two attached hydrogens (primary N) is 1. The van der Waals surface area contributed by atoms with Crippen LogP contribution in [0.1, 0.15) is 0 Å². The van der Waals surface area contributed by atoms with E-state index in [4.69, 9.17) is 5.73 Å². The summed E-state index contributed by atoms with van der Waals surface area (Å²) in [6, 6.07) is 8.06. The summed E-state index contributed by atoms with van der Waals surface area (Å²) < 4.78 is 1.07. The third-order valence-corrected chi connectivity index (χ3v) is 3.26. The Hall–Kier alpha value is -0.940. The maximum atomic E-state index is 5.67. The Morgan fingerprint density at radius 1 is 1.29 bits per heavy atom. The fourth-order valence-corrected chi connectivity index (χ4v) is 2.05. The molecular weight excluding hydrogens is 262 g/mol. The summed E-state index contributed by atoms with van der Waals surface area (Å²) in [4.78, 5) is 2.09. The Kier molecular flexibility index (Phi) is 2.79. The van der Waals surface area contributed by atoms with Crippen LogP contribution in [0.25, 0.3) is 0 Å². The van der Waals surface area contributed by atoms with Crippen molar-refractivity contribution in [3.05, 3.63) is 34.9 Å². The molecule has 0 aliphatic carbocycles. The number of aromatic amines is 1. The first-order chi connectivity index (χ1) is 6.75. The number of hydrogen-bond acceptors (Lipinski definition) is 3. The van der Waals surface area contributed by atoms with E-state index in [0.29, 0.717) is 5.82 Å². The normalized spacial score (nSPS) is 10.4. The zero-order valence-electron chi connectivity index (χ0n) is 7.20. The van der Waals surface area contributed by atoms with Crippen molar-refractivity contribution in [3.8, 4) is 0 Å². The molecule has 72 valence electrons. The van der Waals surface area contributed by atoms with Crippen LogP contribution in [-0.2, 0) is 0 Å². The number of aromatic nitrogens is 2. The van der Waals surface area contributed by atoms with Crippen LogP contribution >= 0.6 is 27.7 Å². The number of nitrogens with one attached hydrogen (secondary N) is 1. The minimum atomic E-state index is 0.609. The molecule has 14 heavy (non-hydrogen) atoms. The minimum absolute atomic E-state index is 0.609. The molecule has 1 aromatic carbocycles. The number of rotatable bonds is 2. The van der Waals surface area contributed by atoms with Crippen LogP contribution in [0, 0.1) is 0 Å². The van der Waals surface area contributed by atoms with Gasteiger partial charge in [0.25, 0.3) is 0 Å². The van der Waals surface area contributed by atoms with Gasteiger partial charge < -0.3 is 5.73 Å². The fraction of sp³-hybridized carbons (Fsp3) is 0. The maximum absolute atomic E-state index is 5.67. The highest BCUT2D eigenvalue weighted by Crippen LogP contribution is 2.30. The Labute approximate surface area is 94.2 Å². The quantitative estimate of drug-likeness (QED) is 0.882. The van der Waals surface area contributed by atoms with Gasteiger partial charge in [-0.15, -0.1) is 0 Å². The van der Waals surface area contributed by atoms with E-state index in [1.807, 2.05) is 24.3 Å². The number of halogens is 1. The second kappa shape index (κ2) is 4.06. The van der Waals surface area contributed by atoms with Gasteiger partial charge in [0.05, 0.1) is 11.1 Å². The summed E-state index contributed by atoms with van der Waals surface area (Å²) in [6.45, 7) is 0. The highest BCUT2D eigenvalue weighted by Gasteiger charge is 2.02. The zero-order valence-corrected chi connectivity index (χ0v) is 9.60. The molecule has 0 saturated carbocycles. The standard InChI is InChI=1S/C9H8BrN3S/c10-6-1-3-7(4-2-6)14-8-5-12-13-9(8)11/h1-5H,(H3,11,12,13). The van der Waals surface area contributed by atoms with E-state index in [9.17, 15) is 0 Å². The molecule has 0 saturated heterocycles. The van der Waals surface area contributed by atoms with Crippen molar-refractivity contribution in [1.29, 1.82) is 0 Å². The van der Waals surface area contributed by atoms with Crippen molar-refractivity contribution in [2.24, 2.45) is 0 Å². The molecule has 1 aromatic heterocycles. The summed E-state index contributed by atoms with van der Waals surface area (Å²) in [5, 5.41) is 6.55. The number of nitrogens with zero attached hydrogens (tertiary/aromatic N) is 1. The van der Waals surface area contributed by atoms with Gasteiger partial charge in [0, 0.05) is 9.37 Å². The second-order valence-corrected chi connectivity index (χ2v) is 4.73. The van der Waals surface area contributed by atoms with Gasteiger partial charge in [-0.3, -0.25) is 5.10 Å².